The van der Waals surface area contributed by atoms with E-state index >= 15 is 0 Å². The van der Waals surface area contributed by atoms with Crippen LogP contribution in [0.25, 0.3) is 0 Å². The first-order chi connectivity index (χ1) is 13.6. The molecule has 146 valence electrons. The first-order valence-electron chi connectivity index (χ1n) is 9.29. The van der Waals surface area contributed by atoms with Crippen molar-refractivity contribution >= 4 is 17.3 Å². The summed E-state index contributed by atoms with van der Waals surface area (Å²) in [6.45, 7) is 6.31. The minimum atomic E-state index is -0.261. The molecule has 0 saturated carbocycles. The molecular weight excluding hydrogens is 378 g/mol. The summed E-state index contributed by atoms with van der Waals surface area (Å²) in [5.41, 5.74) is 2.34. The van der Waals surface area contributed by atoms with Crippen LogP contribution >= 0.6 is 11.6 Å². The number of hydrogen-bond donors (Lipinski definition) is 0. The van der Waals surface area contributed by atoms with Gasteiger partial charge >= 0.3 is 0 Å². The lowest BCUT2D eigenvalue weighted by atomic mass is 10.2. The highest BCUT2D eigenvalue weighted by Crippen LogP contribution is 2.23. The molecule has 0 N–H and O–H groups in total. The minimum Gasteiger partial charge on any atom is -0.366 e. The molecule has 1 aromatic carbocycles. The van der Waals surface area contributed by atoms with Crippen LogP contribution in [0.5, 0.6) is 0 Å². The van der Waals surface area contributed by atoms with E-state index in [1.165, 1.54) is 4.68 Å². The normalized spacial score (nSPS) is 15.1. The maximum Gasteiger partial charge on any atom is 0.287 e. The van der Waals surface area contributed by atoms with Gasteiger partial charge in [-0.1, -0.05) is 47.1 Å². The molecule has 28 heavy (non-hydrogen) atoms. The molecule has 1 fully saturated rings. The Bertz CT molecular complexity index is 993. The largest absolute Gasteiger partial charge is 0.366 e. The molecule has 0 bridgehead atoms. The number of nitrogens with zero attached hydrogens (tertiary/aromatic N) is 5. The molecule has 7 nitrogen and oxygen atoms in total. The Kier molecular flexibility index (Phi) is 5.45. The van der Waals surface area contributed by atoms with E-state index in [4.69, 9.17) is 16.1 Å². The van der Waals surface area contributed by atoms with E-state index in [-0.39, 0.29) is 10.6 Å². The molecule has 1 aliphatic heterocycles. The Hall–Kier alpha value is -2.64. The Morgan fingerprint density at radius 2 is 1.86 bits per heavy atom. The van der Waals surface area contributed by atoms with Crippen molar-refractivity contribution in [2.24, 2.45) is 0 Å². The van der Waals surface area contributed by atoms with E-state index in [2.05, 4.69) is 20.1 Å². The summed E-state index contributed by atoms with van der Waals surface area (Å²) in [7, 11) is 0. The van der Waals surface area contributed by atoms with Crippen LogP contribution in [0.15, 0.2) is 51.9 Å². The van der Waals surface area contributed by atoms with Crippen molar-refractivity contribution in [1.82, 2.24) is 19.8 Å². The van der Waals surface area contributed by atoms with Gasteiger partial charge in [-0.3, -0.25) is 9.69 Å². The molecule has 0 aliphatic carbocycles. The van der Waals surface area contributed by atoms with Gasteiger partial charge in [0.1, 0.15) is 5.02 Å². The van der Waals surface area contributed by atoms with Gasteiger partial charge in [-0.05, 0) is 12.5 Å². The summed E-state index contributed by atoms with van der Waals surface area (Å²) >= 11 is 6.41. The summed E-state index contributed by atoms with van der Waals surface area (Å²) in [6.07, 6.45) is 1.70. The van der Waals surface area contributed by atoms with E-state index in [0.29, 0.717) is 12.2 Å². The van der Waals surface area contributed by atoms with E-state index in [1.54, 1.807) is 6.20 Å². The second kappa shape index (κ2) is 8.16. The van der Waals surface area contributed by atoms with Gasteiger partial charge in [0.2, 0.25) is 0 Å². The van der Waals surface area contributed by atoms with E-state index in [0.717, 1.165) is 49.7 Å². The molecule has 4 rings (SSSR count). The molecule has 1 saturated heterocycles. The predicted molar refractivity (Wildman–Crippen MR) is 108 cm³/mol. The maximum absolute atomic E-state index is 12.7. The highest BCUT2D eigenvalue weighted by atomic mass is 35.5. The van der Waals surface area contributed by atoms with Crippen LogP contribution in [-0.4, -0.2) is 46.0 Å². The second-order valence-corrected chi connectivity index (χ2v) is 7.37. The number of benzene rings is 1. The third-order valence-corrected chi connectivity index (χ3v) is 5.27. The van der Waals surface area contributed by atoms with Crippen LogP contribution in [0.2, 0.25) is 5.02 Å². The zero-order valence-corrected chi connectivity index (χ0v) is 16.5. The van der Waals surface area contributed by atoms with Crippen LogP contribution in [-0.2, 0) is 13.1 Å². The fourth-order valence-electron chi connectivity index (χ4n) is 3.40. The monoisotopic (exact) mass is 399 g/mol. The van der Waals surface area contributed by atoms with Gasteiger partial charge in [0, 0.05) is 32.2 Å². The van der Waals surface area contributed by atoms with Gasteiger partial charge in [-0.2, -0.15) is 5.10 Å². The molecule has 0 radical (unpaired) electrons. The molecule has 8 heteroatoms. The highest BCUT2D eigenvalue weighted by molar-refractivity contribution is 6.33. The van der Waals surface area contributed by atoms with Gasteiger partial charge in [-0.15, -0.1) is 0 Å². The third kappa shape index (κ3) is 4.10. The van der Waals surface area contributed by atoms with Gasteiger partial charge in [0.15, 0.2) is 5.76 Å². The first kappa shape index (κ1) is 18.7. The fraction of sp³-hybridized carbons (Fsp3) is 0.350. The van der Waals surface area contributed by atoms with Crippen molar-refractivity contribution in [3.63, 3.8) is 0 Å². The first-order valence-corrected chi connectivity index (χ1v) is 9.67. The summed E-state index contributed by atoms with van der Waals surface area (Å²) < 4.78 is 6.70. The van der Waals surface area contributed by atoms with Gasteiger partial charge < -0.3 is 9.42 Å². The molecule has 3 heterocycles. The van der Waals surface area contributed by atoms with Crippen LogP contribution in [0, 0.1) is 6.92 Å². The number of aryl methyl sites for hydroxylation is 1. The predicted octanol–water partition coefficient (Wildman–Crippen LogP) is 2.56. The zero-order chi connectivity index (χ0) is 19.5. The van der Waals surface area contributed by atoms with Crippen molar-refractivity contribution in [3.05, 3.63) is 75.0 Å². The van der Waals surface area contributed by atoms with Crippen LogP contribution < -0.4 is 10.5 Å². The molecule has 2 aromatic heterocycles. The lowest BCUT2D eigenvalue weighted by Gasteiger charge is -2.35. The van der Waals surface area contributed by atoms with E-state index in [1.807, 2.05) is 43.3 Å². The smallest absolute Gasteiger partial charge is 0.287 e. The van der Waals surface area contributed by atoms with Gasteiger partial charge in [0.05, 0.1) is 30.7 Å². The standard InChI is InChI=1S/C20H22ClN5O2/c1-15-11-17(28-23-15)14-24-7-9-25(10-8-24)18-12-22-26(20(27)19(18)21)13-16-5-3-2-4-6-16/h2-6,11-12H,7-10,13-14H2,1H3. The van der Waals surface area contributed by atoms with Crippen LogP contribution in [0.4, 0.5) is 5.69 Å². The van der Waals surface area contributed by atoms with Crippen LogP contribution in [0.3, 0.4) is 0 Å². The number of hydrogen-bond acceptors (Lipinski definition) is 6. The van der Waals surface area contributed by atoms with E-state index < -0.39 is 0 Å². The van der Waals surface area contributed by atoms with Crippen molar-refractivity contribution in [2.75, 3.05) is 31.1 Å². The average Bonchev–Trinajstić information content (AvgIpc) is 3.12. The third-order valence-electron chi connectivity index (χ3n) is 4.91. The number of rotatable bonds is 5. The lowest BCUT2D eigenvalue weighted by molar-refractivity contribution is 0.219. The minimum absolute atomic E-state index is 0.227. The Labute approximate surface area is 168 Å². The molecule has 0 amide bonds. The van der Waals surface area contributed by atoms with Crippen molar-refractivity contribution in [2.45, 2.75) is 20.0 Å². The number of anilines is 1. The quantitative estimate of drug-likeness (QED) is 0.656. The topological polar surface area (TPSA) is 67.4 Å². The zero-order valence-electron chi connectivity index (χ0n) is 15.7. The van der Waals surface area contributed by atoms with Crippen LogP contribution in [0.1, 0.15) is 17.0 Å². The summed E-state index contributed by atoms with van der Waals surface area (Å²) in [5.74, 6) is 0.870. The van der Waals surface area contributed by atoms with Crippen molar-refractivity contribution < 1.29 is 4.52 Å². The number of piperazine rings is 1. The van der Waals surface area contributed by atoms with Crippen molar-refractivity contribution in [3.8, 4) is 0 Å². The molecule has 0 spiro atoms. The Morgan fingerprint density at radius 1 is 1.11 bits per heavy atom. The number of aromatic nitrogens is 3. The highest BCUT2D eigenvalue weighted by Gasteiger charge is 2.22. The summed E-state index contributed by atoms with van der Waals surface area (Å²) in [4.78, 5) is 17.1. The second-order valence-electron chi connectivity index (χ2n) is 6.99. The van der Waals surface area contributed by atoms with Gasteiger partial charge in [0.25, 0.3) is 5.56 Å². The molecule has 0 atom stereocenters. The molecule has 3 aromatic rings. The summed E-state index contributed by atoms with van der Waals surface area (Å²) in [6, 6.07) is 11.7. The molecular formula is C20H22ClN5O2. The number of halogens is 1. The van der Waals surface area contributed by atoms with Crippen molar-refractivity contribution in [1.29, 1.82) is 0 Å². The Balaban J connectivity index is 1.42. The average molecular weight is 400 g/mol. The molecule has 0 unspecified atom stereocenters. The molecule has 1 aliphatic rings. The summed E-state index contributed by atoms with van der Waals surface area (Å²) in [5, 5.41) is 8.50. The Morgan fingerprint density at radius 3 is 2.54 bits per heavy atom. The maximum atomic E-state index is 12.7. The van der Waals surface area contributed by atoms with Gasteiger partial charge in [-0.25, -0.2) is 4.68 Å². The fourth-order valence-corrected chi connectivity index (χ4v) is 3.67. The lowest BCUT2D eigenvalue weighted by Crippen LogP contribution is -2.46. The SMILES string of the molecule is Cc1cc(CN2CCN(c3cnn(Cc4ccccc4)c(=O)c3Cl)CC2)on1. The van der Waals surface area contributed by atoms with E-state index in [9.17, 15) is 4.79 Å².